The minimum absolute atomic E-state index is 0.208. The van der Waals surface area contributed by atoms with Gasteiger partial charge in [-0.15, -0.1) is 0 Å². The Morgan fingerprint density at radius 3 is 2.39 bits per heavy atom. The van der Waals surface area contributed by atoms with Crippen LogP contribution < -0.4 is 16.0 Å². The summed E-state index contributed by atoms with van der Waals surface area (Å²) in [6.07, 6.45) is 10.5. The lowest BCUT2D eigenvalue weighted by Gasteiger charge is -2.56. The highest BCUT2D eigenvalue weighted by Gasteiger charge is 2.51. The summed E-state index contributed by atoms with van der Waals surface area (Å²) >= 11 is 0. The van der Waals surface area contributed by atoms with Gasteiger partial charge in [0.15, 0.2) is 0 Å². The zero-order valence-corrected chi connectivity index (χ0v) is 18.2. The Bertz CT molecular complexity index is 896. The van der Waals surface area contributed by atoms with E-state index in [1.165, 1.54) is 38.5 Å². The van der Waals surface area contributed by atoms with Gasteiger partial charge in [0, 0.05) is 31.8 Å². The van der Waals surface area contributed by atoms with E-state index in [9.17, 15) is 4.79 Å². The maximum Gasteiger partial charge on any atom is 0.220 e. The first-order valence-electron chi connectivity index (χ1n) is 11.6. The summed E-state index contributed by atoms with van der Waals surface area (Å²) in [7, 11) is 0. The molecule has 31 heavy (non-hydrogen) atoms. The summed E-state index contributed by atoms with van der Waals surface area (Å²) < 4.78 is 0. The number of nitrogens with zero attached hydrogens (tertiary/aromatic N) is 3. The van der Waals surface area contributed by atoms with Crippen molar-refractivity contribution in [3.8, 4) is 0 Å². The van der Waals surface area contributed by atoms with Crippen molar-refractivity contribution in [1.82, 2.24) is 20.3 Å². The first-order valence-corrected chi connectivity index (χ1v) is 11.6. The Kier molecular flexibility index (Phi) is 5.50. The second-order valence-electron chi connectivity index (χ2n) is 9.90. The molecule has 7 nitrogen and oxygen atoms in total. The minimum atomic E-state index is 0.208. The van der Waals surface area contributed by atoms with Crippen LogP contribution in [0, 0.1) is 30.1 Å². The number of hydrogen-bond acceptors (Lipinski definition) is 6. The van der Waals surface area contributed by atoms with E-state index >= 15 is 0 Å². The van der Waals surface area contributed by atoms with Gasteiger partial charge in [0.25, 0.3) is 0 Å². The molecule has 1 amide bonds. The van der Waals surface area contributed by atoms with Crippen molar-refractivity contribution >= 4 is 23.4 Å². The standard InChI is InChI=1S/C24H32N6O/c1-16-28-21(11-22(29-16)30-20-4-2-3-5-25-20)26-6-7-27-23(31)15-24-12-17-8-18(13-24)10-19(9-17)14-24/h2-5,11,17-19H,6-10,12-15H2,1H3,(H,27,31)(H2,25,26,28,29,30). The van der Waals surface area contributed by atoms with Gasteiger partial charge >= 0.3 is 0 Å². The molecule has 2 heterocycles. The minimum Gasteiger partial charge on any atom is -0.368 e. The molecule has 4 aliphatic carbocycles. The number of pyridine rings is 1. The molecular weight excluding hydrogens is 388 g/mol. The number of anilines is 3. The van der Waals surface area contributed by atoms with Crippen LogP contribution in [0.25, 0.3) is 0 Å². The Morgan fingerprint density at radius 1 is 1.00 bits per heavy atom. The van der Waals surface area contributed by atoms with Crippen molar-refractivity contribution in [2.45, 2.75) is 51.9 Å². The van der Waals surface area contributed by atoms with E-state index in [-0.39, 0.29) is 5.91 Å². The summed E-state index contributed by atoms with van der Waals surface area (Å²) in [5.41, 5.74) is 0.294. The van der Waals surface area contributed by atoms with E-state index < -0.39 is 0 Å². The van der Waals surface area contributed by atoms with Gasteiger partial charge in [-0.25, -0.2) is 15.0 Å². The summed E-state index contributed by atoms with van der Waals surface area (Å²) in [4.78, 5) is 25.8. The maximum atomic E-state index is 12.7. The molecule has 0 unspecified atom stereocenters. The fourth-order valence-electron chi connectivity index (χ4n) is 6.59. The van der Waals surface area contributed by atoms with Crippen molar-refractivity contribution in [2.75, 3.05) is 23.7 Å². The topological polar surface area (TPSA) is 91.8 Å². The van der Waals surface area contributed by atoms with Crippen molar-refractivity contribution in [3.05, 3.63) is 36.3 Å². The molecule has 0 aromatic carbocycles. The zero-order valence-electron chi connectivity index (χ0n) is 18.2. The molecule has 4 aliphatic rings. The van der Waals surface area contributed by atoms with Gasteiger partial charge in [0.05, 0.1) is 0 Å². The van der Waals surface area contributed by atoms with Crippen LogP contribution in [0.1, 0.15) is 50.8 Å². The lowest BCUT2D eigenvalue weighted by atomic mass is 9.49. The molecule has 2 aromatic heterocycles. The highest BCUT2D eigenvalue weighted by atomic mass is 16.1. The Hall–Kier alpha value is -2.70. The Balaban J connectivity index is 1.09. The van der Waals surface area contributed by atoms with Crippen molar-refractivity contribution in [2.24, 2.45) is 23.2 Å². The normalized spacial score (nSPS) is 28.4. The highest BCUT2D eigenvalue weighted by molar-refractivity contribution is 5.76. The molecule has 164 valence electrons. The molecule has 4 fully saturated rings. The molecular formula is C24H32N6O. The quantitative estimate of drug-likeness (QED) is 0.558. The fourth-order valence-corrected chi connectivity index (χ4v) is 6.59. The predicted octanol–water partition coefficient (Wildman–Crippen LogP) is 4.06. The molecule has 0 atom stereocenters. The van der Waals surface area contributed by atoms with Crippen LogP contribution in [-0.4, -0.2) is 33.9 Å². The third-order valence-electron chi connectivity index (χ3n) is 7.21. The first kappa shape index (κ1) is 20.2. The number of carbonyl (C=O) groups is 1. The second kappa shape index (κ2) is 8.44. The van der Waals surface area contributed by atoms with Crippen LogP contribution in [0.5, 0.6) is 0 Å². The predicted molar refractivity (Wildman–Crippen MR) is 121 cm³/mol. The van der Waals surface area contributed by atoms with Crippen LogP contribution >= 0.6 is 0 Å². The Morgan fingerprint density at radius 2 is 1.71 bits per heavy atom. The van der Waals surface area contributed by atoms with Crippen molar-refractivity contribution < 1.29 is 4.79 Å². The average molecular weight is 421 g/mol. The van der Waals surface area contributed by atoms with Gasteiger partial charge in [-0.2, -0.15) is 0 Å². The number of aromatic nitrogens is 3. The molecule has 0 radical (unpaired) electrons. The Labute approximate surface area is 183 Å². The molecule has 6 rings (SSSR count). The molecule has 0 spiro atoms. The van der Waals surface area contributed by atoms with E-state index in [0.717, 1.165) is 29.4 Å². The third-order valence-corrected chi connectivity index (χ3v) is 7.21. The molecule has 3 N–H and O–H groups in total. The lowest BCUT2D eigenvalue weighted by Crippen LogP contribution is -2.48. The van der Waals surface area contributed by atoms with Crippen LogP contribution in [0.15, 0.2) is 30.5 Å². The summed E-state index contributed by atoms with van der Waals surface area (Å²) in [6, 6.07) is 7.55. The molecule has 4 saturated carbocycles. The van der Waals surface area contributed by atoms with Gasteiger partial charge in [-0.05, 0) is 80.8 Å². The monoisotopic (exact) mass is 420 g/mol. The van der Waals surface area contributed by atoms with E-state index in [2.05, 4.69) is 30.9 Å². The van der Waals surface area contributed by atoms with Crippen LogP contribution in [-0.2, 0) is 4.79 Å². The smallest absolute Gasteiger partial charge is 0.220 e. The van der Waals surface area contributed by atoms with Gasteiger partial charge in [0.2, 0.25) is 5.91 Å². The molecule has 7 heteroatoms. The van der Waals surface area contributed by atoms with Gasteiger partial charge in [0.1, 0.15) is 23.3 Å². The van der Waals surface area contributed by atoms with E-state index in [1.807, 2.05) is 31.2 Å². The van der Waals surface area contributed by atoms with Crippen LogP contribution in [0.2, 0.25) is 0 Å². The number of nitrogens with one attached hydrogen (secondary N) is 3. The molecule has 4 bridgehead atoms. The van der Waals surface area contributed by atoms with Crippen LogP contribution in [0.3, 0.4) is 0 Å². The second-order valence-corrected chi connectivity index (χ2v) is 9.90. The van der Waals surface area contributed by atoms with Crippen LogP contribution in [0.4, 0.5) is 17.5 Å². The average Bonchev–Trinajstić information content (AvgIpc) is 2.70. The largest absolute Gasteiger partial charge is 0.368 e. The molecule has 0 saturated heterocycles. The van der Waals surface area contributed by atoms with Gasteiger partial charge in [-0.1, -0.05) is 6.07 Å². The summed E-state index contributed by atoms with van der Waals surface area (Å²) in [5.74, 6) is 5.71. The molecule has 0 aliphatic heterocycles. The number of hydrogen-bond donors (Lipinski definition) is 3. The van der Waals surface area contributed by atoms with E-state index in [4.69, 9.17) is 0 Å². The summed E-state index contributed by atoms with van der Waals surface area (Å²) in [5, 5.41) is 9.62. The lowest BCUT2D eigenvalue weighted by molar-refractivity contribution is -0.129. The fraction of sp³-hybridized carbons (Fsp3) is 0.583. The SMILES string of the molecule is Cc1nc(NCCNC(=O)CC23CC4CC(CC(C4)C2)C3)cc(Nc2ccccn2)n1. The third kappa shape index (κ3) is 4.81. The van der Waals surface area contributed by atoms with Gasteiger partial charge in [-0.3, -0.25) is 4.79 Å². The van der Waals surface area contributed by atoms with Crippen molar-refractivity contribution in [3.63, 3.8) is 0 Å². The number of aryl methyl sites for hydroxylation is 1. The number of amides is 1. The summed E-state index contributed by atoms with van der Waals surface area (Å²) in [6.45, 7) is 3.09. The van der Waals surface area contributed by atoms with E-state index in [1.54, 1.807) is 6.20 Å². The van der Waals surface area contributed by atoms with Crippen molar-refractivity contribution in [1.29, 1.82) is 0 Å². The number of rotatable bonds is 8. The molecule has 2 aromatic rings. The highest BCUT2D eigenvalue weighted by Crippen LogP contribution is 2.61. The number of carbonyl (C=O) groups excluding carboxylic acids is 1. The van der Waals surface area contributed by atoms with Gasteiger partial charge < -0.3 is 16.0 Å². The maximum absolute atomic E-state index is 12.7. The van der Waals surface area contributed by atoms with E-state index in [0.29, 0.717) is 36.6 Å². The zero-order chi connectivity index (χ0) is 21.3. The first-order chi connectivity index (χ1) is 15.1.